The van der Waals surface area contributed by atoms with Gasteiger partial charge < -0.3 is 10.2 Å². The third-order valence-electron chi connectivity index (χ3n) is 2.84. The van der Waals surface area contributed by atoms with Gasteiger partial charge in [0.05, 0.1) is 10.8 Å². The third kappa shape index (κ3) is 2.35. The summed E-state index contributed by atoms with van der Waals surface area (Å²) in [6.07, 6.45) is 2.84. The van der Waals surface area contributed by atoms with Gasteiger partial charge in [0, 0.05) is 12.0 Å². The Hall–Kier alpha value is -2.03. The summed E-state index contributed by atoms with van der Waals surface area (Å²) in [5.41, 5.74) is -0.900. The third-order valence-corrected chi connectivity index (χ3v) is 3.32. The maximum Gasteiger partial charge on any atom is 0.198 e. The van der Waals surface area contributed by atoms with Crippen molar-refractivity contribution in [2.75, 3.05) is 12.0 Å². The van der Waals surface area contributed by atoms with E-state index in [1.807, 2.05) is 0 Å². The lowest BCUT2D eigenvalue weighted by molar-refractivity contribution is 0.402. The fourth-order valence-corrected chi connectivity index (χ4v) is 2.07. The zero-order chi connectivity index (χ0) is 16.6. The van der Waals surface area contributed by atoms with Crippen molar-refractivity contribution in [3.8, 4) is 11.5 Å². The summed E-state index contributed by atoms with van der Waals surface area (Å²) < 4.78 is 67.7. The monoisotopic (exact) mass is 337 g/mol. The first-order valence-electron chi connectivity index (χ1n) is 5.73. The molecule has 2 aromatic rings. The molecule has 0 aliphatic carbocycles. The van der Waals surface area contributed by atoms with Crippen molar-refractivity contribution in [2.45, 2.75) is 0 Å². The Balaban J connectivity index is 2.94. The van der Waals surface area contributed by atoms with Crippen LogP contribution >= 0.6 is 11.8 Å². The Morgan fingerprint density at radius 3 is 1.86 bits per heavy atom. The number of halogens is 5. The summed E-state index contributed by atoms with van der Waals surface area (Å²) in [5, 5.41) is 16.9. The minimum atomic E-state index is -2.22. The van der Waals surface area contributed by atoms with E-state index in [1.165, 1.54) is 11.8 Å². The number of phenols is 2. The minimum absolute atomic E-state index is 0.298. The average molecular weight is 337 g/mol. The van der Waals surface area contributed by atoms with Gasteiger partial charge in [-0.25, -0.2) is 22.0 Å². The van der Waals surface area contributed by atoms with Crippen LogP contribution in [0.1, 0.15) is 0 Å². The molecule has 0 fully saturated rings. The second kappa shape index (κ2) is 5.99. The molecule has 22 heavy (non-hydrogen) atoms. The van der Waals surface area contributed by atoms with Gasteiger partial charge in [-0.15, -0.1) is 0 Å². The molecule has 2 aromatic carbocycles. The van der Waals surface area contributed by atoms with Crippen LogP contribution in [0.15, 0.2) is 4.99 Å². The number of phenolic OH excluding ortho intramolecular Hbond substituents is 2. The summed E-state index contributed by atoms with van der Waals surface area (Å²) in [6, 6.07) is 0. The molecule has 0 radical (unpaired) electrons. The number of fused-ring (bicyclic) bond motifs is 1. The molecule has 0 heterocycles. The largest absolute Gasteiger partial charge is 0.505 e. The summed E-state index contributed by atoms with van der Waals surface area (Å²) in [5.74, 6) is -12.4. The van der Waals surface area contributed by atoms with E-state index in [4.69, 9.17) is 0 Å². The fraction of sp³-hybridized carbons (Fsp3) is 0.154. The van der Waals surface area contributed by atoms with Crippen molar-refractivity contribution in [1.82, 2.24) is 0 Å². The van der Waals surface area contributed by atoms with Crippen molar-refractivity contribution >= 4 is 34.4 Å². The van der Waals surface area contributed by atoms with E-state index in [1.54, 1.807) is 6.26 Å². The molecule has 2 N–H and O–H groups in total. The van der Waals surface area contributed by atoms with Gasteiger partial charge in [-0.1, -0.05) is 0 Å². The minimum Gasteiger partial charge on any atom is -0.505 e. The van der Waals surface area contributed by atoms with Crippen LogP contribution in [0.25, 0.3) is 10.8 Å². The number of hydrogen-bond donors (Lipinski definition) is 2. The van der Waals surface area contributed by atoms with Gasteiger partial charge in [0.15, 0.2) is 40.6 Å². The normalized spacial score (nSPS) is 11.7. The highest BCUT2D eigenvalue weighted by atomic mass is 32.2. The smallest absolute Gasteiger partial charge is 0.198 e. The molecule has 0 aliphatic rings. The van der Waals surface area contributed by atoms with Gasteiger partial charge in [0.1, 0.15) is 5.69 Å². The predicted molar refractivity (Wildman–Crippen MR) is 73.6 cm³/mol. The van der Waals surface area contributed by atoms with Crippen LogP contribution < -0.4 is 0 Å². The van der Waals surface area contributed by atoms with Crippen LogP contribution in [-0.2, 0) is 0 Å². The van der Waals surface area contributed by atoms with Gasteiger partial charge in [0.25, 0.3) is 0 Å². The Morgan fingerprint density at radius 2 is 1.36 bits per heavy atom. The molecule has 0 unspecified atom stereocenters. The lowest BCUT2D eigenvalue weighted by Crippen LogP contribution is -2.00. The summed E-state index contributed by atoms with van der Waals surface area (Å²) in [7, 11) is 0. The standard InChI is InChI=1S/C13H8F5NO2S/c1-22-3-2-19-11-10(18)12(20)4-5(13(11)21)7(15)9(17)8(16)6(4)14/h2,20-21H,3H2,1H3. The van der Waals surface area contributed by atoms with E-state index < -0.39 is 57.0 Å². The van der Waals surface area contributed by atoms with E-state index in [0.717, 1.165) is 6.21 Å². The number of benzene rings is 2. The molecule has 0 aromatic heterocycles. The maximum atomic E-state index is 13.9. The van der Waals surface area contributed by atoms with Gasteiger partial charge in [0.2, 0.25) is 0 Å². The number of nitrogens with zero attached hydrogens (tertiary/aromatic N) is 1. The van der Waals surface area contributed by atoms with Crippen LogP contribution in [0.4, 0.5) is 27.6 Å². The van der Waals surface area contributed by atoms with Gasteiger partial charge in [-0.2, -0.15) is 11.8 Å². The first kappa shape index (κ1) is 16.3. The number of rotatable bonds is 3. The molecule has 0 bridgehead atoms. The fourth-order valence-electron chi connectivity index (χ4n) is 1.84. The highest BCUT2D eigenvalue weighted by Gasteiger charge is 2.29. The van der Waals surface area contributed by atoms with Crippen molar-refractivity contribution in [1.29, 1.82) is 0 Å². The Labute approximate surface area is 125 Å². The molecule has 0 spiro atoms. The van der Waals surface area contributed by atoms with Crippen molar-refractivity contribution in [2.24, 2.45) is 4.99 Å². The zero-order valence-corrected chi connectivity index (χ0v) is 11.7. The summed E-state index contributed by atoms with van der Waals surface area (Å²) >= 11 is 1.29. The molecule has 0 atom stereocenters. The van der Waals surface area contributed by atoms with E-state index in [-0.39, 0.29) is 0 Å². The number of hydrogen-bond acceptors (Lipinski definition) is 4. The molecule has 9 heteroatoms. The lowest BCUT2D eigenvalue weighted by Gasteiger charge is -2.11. The summed E-state index contributed by atoms with van der Waals surface area (Å²) in [4.78, 5) is 3.49. The Bertz CT molecular complexity index is 795. The summed E-state index contributed by atoms with van der Waals surface area (Å²) in [6.45, 7) is 0. The van der Waals surface area contributed by atoms with Crippen LogP contribution in [0.2, 0.25) is 0 Å². The number of aromatic hydroxyl groups is 2. The SMILES string of the molecule is CSCC=Nc1c(F)c(O)c2c(F)c(F)c(F)c(F)c2c1O. The first-order chi connectivity index (χ1) is 10.3. The van der Waals surface area contributed by atoms with E-state index in [9.17, 15) is 32.2 Å². The molecule has 118 valence electrons. The quantitative estimate of drug-likeness (QED) is 0.292. The van der Waals surface area contributed by atoms with Gasteiger partial charge in [-0.05, 0) is 6.26 Å². The van der Waals surface area contributed by atoms with E-state index in [0.29, 0.717) is 5.75 Å². The van der Waals surface area contributed by atoms with E-state index in [2.05, 4.69) is 4.99 Å². The number of aliphatic imine (C=N–C) groups is 1. The van der Waals surface area contributed by atoms with Crippen molar-refractivity contribution in [3.63, 3.8) is 0 Å². The van der Waals surface area contributed by atoms with Crippen LogP contribution in [0, 0.1) is 29.1 Å². The van der Waals surface area contributed by atoms with Crippen LogP contribution in [0.5, 0.6) is 11.5 Å². The molecular weight excluding hydrogens is 329 g/mol. The number of thioether (sulfide) groups is 1. The van der Waals surface area contributed by atoms with Crippen LogP contribution in [-0.4, -0.2) is 28.4 Å². The molecule has 0 amide bonds. The lowest BCUT2D eigenvalue weighted by atomic mass is 10.0. The highest BCUT2D eigenvalue weighted by molar-refractivity contribution is 7.99. The zero-order valence-electron chi connectivity index (χ0n) is 10.9. The van der Waals surface area contributed by atoms with Gasteiger partial charge in [-0.3, -0.25) is 4.99 Å². The molecule has 0 saturated heterocycles. The molecule has 3 nitrogen and oxygen atoms in total. The van der Waals surface area contributed by atoms with Crippen molar-refractivity contribution < 1.29 is 32.2 Å². The Morgan fingerprint density at radius 1 is 0.864 bits per heavy atom. The topological polar surface area (TPSA) is 52.8 Å². The molecule has 0 saturated carbocycles. The second-order valence-corrected chi connectivity index (χ2v) is 5.04. The van der Waals surface area contributed by atoms with Gasteiger partial charge >= 0.3 is 0 Å². The van der Waals surface area contributed by atoms with Crippen molar-refractivity contribution in [3.05, 3.63) is 29.1 Å². The predicted octanol–water partition coefficient (Wildman–Crippen LogP) is 4.01. The first-order valence-corrected chi connectivity index (χ1v) is 7.12. The molecule has 0 aliphatic heterocycles. The highest BCUT2D eigenvalue weighted by Crippen LogP contribution is 2.46. The molecule has 2 rings (SSSR count). The molecular formula is C13H8F5NO2S. The Kier molecular flexibility index (Phi) is 4.45. The second-order valence-electron chi connectivity index (χ2n) is 4.13. The maximum absolute atomic E-state index is 13.9. The van der Waals surface area contributed by atoms with E-state index >= 15 is 0 Å². The average Bonchev–Trinajstić information content (AvgIpc) is 2.50. The van der Waals surface area contributed by atoms with Crippen LogP contribution in [0.3, 0.4) is 0 Å².